The van der Waals surface area contributed by atoms with Gasteiger partial charge in [0, 0.05) is 32.0 Å². The first kappa shape index (κ1) is 12.7. The minimum atomic E-state index is 0.328. The van der Waals surface area contributed by atoms with Crippen LogP contribution < -0.4 is 0 Å². The Bertz CT molecular complexity index is 211. The van der Waals surface area contributed by atoms with Gasteiger partial charge in [0.1, 0.15) is 6.29 Å². The molecule has 0 aromatic rings. The molecular formula is C11H17NO2. The zero-order chi connectivity index (χ0) is 10.8. The van der Waals surface area contributed by atoms with Crippen molar-refractivity contribution in [3.05, 3.63) is 37.1 Å². The summed E-state index contributed by atoms with van der Waals surface area (Å²) in [6, 6.07) is 0. The molecule has 0 amide bonds. The van der Waals surface area contributed by atoms with Crippen molar-refractivity contribution in [1.82, 2.24) is 4.90 Å². The van der Waals surface area contributed by atoms with Gasteiger partial charge in [0.15, 0.2) is 0 Å². The lowest BCUT2D eigenvalue weighted by Gasteiger charge is -2.16. The summed E-state index contributed by atoms with van der Waals surface area (Å²) >= 11 is 0. The van der Waals surface area contributed by atoms with E-state index in [4.69, 9.17) is 4.74 Å². The summed E-state index contributed by atoms with van der Waals surface area (Å²) < 4.78 is 4.87. The van der Waals surface area contributed by atoms with E-state index in [1.165, 1.54) is 0 Å². The van der Waals surface area contributed by atoms with Gasteiger partial charge in [-0.2, -0.15) is 0 Å². The molecule has 0 aromatic heterocycles. The Kier molecular flexibility index (Phi) is 7.46. The van der Waals surface area contributed by atoms with Gasteiger partial charge in [0.25, 0.3) is 0 Å². The van der Waals surface area contributed by atoms with Crippen molar-refractivity contribution in [1.29, 1.82) is 0 Å². The lowest BCUT2D eigenvalue weighted by Crippen LogP contribution is -2.18. The monoisotopic (exact) mass is 195 g/mol. The highest BCUT2D eigenvalue weighted by atomic mass is 16.5. The lowest BCUT2D eigenvalue weighted by atomic mass is 10.3. The predicted octanol–water partition coefficient (Wildman–Crippen LogP) is 1.39. The molecule has 0 atom stereocenters. The summed E-state index contributed by atoms with van der Waals surface area (Å²) in [4.78, 5) is 12.5. The first-order valence-electron chi connectivity index (χ1n) is 4.39. The molecule has 3 nitrogen and oxygen atoms in total. The van der Waals surface area contributed by atoms with E-state index in [1.807, 2.05) is 4.90 Å². The Labute approximate surface area is 85.4 Å². The van der Waals surface area contributed by atoms with Crippen LogP contribution in [0.4, 0.5) is 0 Å². The first-order valence-corrected chi connectivity index (χ1v) is 4.39. The molecule has 0 saturated heterocycles. The molecule has 0 spiro atoms. The molecule has 0 aliphatic heterocycles. The molecule has 0 aromatic carbocycles. The topological polar surface area (TPSA) is 29.5 Å². The average Bonchev–Trinajstić information content (AvgIpc) is 2.18. The van der Waals surface area contributed by atoms with E-state index >= 15 is 0 Å². The summed E-state index contributed by atoms with van der Waals surface area (Å²) in [5.41, 5.74) is 0.608. The van der Waals surface area contributed by atoms with Gasteiger partial charge in [0.05, 0.1) is 6.61 Å². The van der Waals surface area contributed by atoms with Crippen molar-refractivity contribution in [3.63, 3.8) is 0 Å². The molecule has 3 heteroatoms. The van der Waals surface area contributed by atoms with Gasteiger partial charge in [-0.25, -0.2) is 0 Å². The molecule has 14 heavy (non-hydrogen) atoms. The van der Waals surface area contributed by atoms with E-state index in [2.05, 4.69) is 13.2 Å². The molecular weight excluding hydrogens is 178 g/mol. The minimum absolute atomic E-state index is 0.328. The summed E-state index contributed by atoms with van der Waals surface area (Å²) in [5, 5.41) is 0. The number of hydrogen-bond acceptors (Lipinski definition) is 3. The molecule has 0 fully saturated rings. The van der Waals surface area contributed by atoms with Crippen LogP contribution in [0.5, 0.6) is 0 Å². The fraction of sp³-hybridized carbons (Fsp3) is 0.364. The van der Waals surface area contributed by atoms with Gasteiger partial charge in [0.2, 0.25) is 0 Å². The average molecular weight is 195 g/mol. The highest BCUT2D eigenvalue weighted by molar-refractivity contribution is 5.73. The molecule has 0 saturated carbocycles. The van der Waals surface area contributed by atoms with Crippen molar-refractivity contribution in [2.75, 3.05) is 26.8 Å². The summed E-state index contributed by atoms with van der Waals surface area (Å²) in [7, 11) is 1.56. The summed E-state index contributed by atoms with van der Waals surface area (Å²) in [6.07, 6.45) is 6.10. The second kappa shape index (κ2) is 8.26. The smallest absolute Gasteiger partial charge is 0.149 e. The lowest BCUT2D eigenvalue weighted by molar-refractivity contribution is -0.105. The molecule has 0 bridgehead atoms. The van der Waals surface area contributed by atoms with Crippen LogP contribution in [0.15, 0.2) is 37.1 Å². The molecule has 0 N–H and O–H groups in total. The molecule has 78 valence electrons. The van der Waals surface area contributed by atoms with E-state index in [0.717, 1.165) is 6.29 Å². The normalized spacial score (nSPS) is 10.8. The minimum Gasteiger partial charge on any atom is -0.380 e. The van der Waals surface area contributed by atoms with Crippen LogP contribution in [0, 0.1) is 0 Å². The highest BCUT2D eigenvalue weighted by Crippen LogP contribution is 1.97. The van der Waals surface area contributed by atoms with E-state index in [9.17, 15) is 4.79 Å². The number of hydrogen-bond donors (Lipinski definition) is 0. The zero-order valence-corrected chi connectivity index (χ0v) is 8.61. The number of carbonyl (C=O) groups excluding carboxylic acids is 1. The van der Waals surface area contributed by atoms with Gasteiger partial charge >= 0.3 is 0 Å². The molecule has 0 aliphatic carbocycles. The van der Waals surface area contributed by atoms with Crippen LogP contribution in [0.2, 0.25) is 0 Å². The van der Waals surface area contributed by atoms with Gasteiger partial charge < -0.3 is 9.64 Å². The molecule has 0 aliphatic rings. The van der Waals surface area contributed by atoms with Crippen molar-refractivity contribution >= 4 is 6.29 Å². The number of carbonyl (C=O) groups is 1. The Morgan fingerprint density at radius 3 is 2.29 bits per heavy atom. The maximum Gasteiger partial charge on any atom is 0.149 e. The quantitative estimate of drug-likeness (QED) is 0.333. The van der Waals surface area contributed by atoms with Crippen LogP contribution >= 0.6 is 0 Å². The van der Waals surface area contributed by atoms with Crippen LogP contribution in [0.3, 0.4) is 0 Å². The van der Waals surface area contributed by atoms with Gasteiger partial charge in [-0.05, 0) is 0 Å². The maximum atomic E-state index is 10.6. The third-order valence-corrected chi connectivity index (χ3v) is 1.54. The van der Waals surface area contributed by atoms with Crippen molar-refractivity contribution in [3.8, 4) is 0 Å². The summed E-state index contributed by atoms with van der Waals surface area (Å²) in [5.74, 6) is 0. The van der Waals surface area contributed by atoms with Gasteiger partial charge in [-0.3, -0.25) is 4.79 Å². The highest BCUT2D eigenvalue weighted by Gasteiger charge is 1.98. The number of ether oxygens (including phenoxy) is 1. The third kappa shape index (κ3) is 5.32. The van der Waals surface area contributed by atoms with Crippen LogP contribution in [-0.2, 0) is 9.53 Å². The number of rotatable bonds is 8. The van der Waals surface area contributed by atoms with Crippen LogP contribution in [0.25, 0.3) is 0 Å². The van der Waals surface area contributed by atoms with E-state index < -0.39 is 0 Å². The SMILES string of the molecule is C=CCN(C=C(C=O)COC)CC=C. The van der Waals surface area contributed by atoms with E-state index in [-0.39, 0.29) is 0 Å². The Hall–Kier alpha value is -1.35. The zero-order valence-electron chi connectivity index (χ0n) is 8.61. The molecule has 0 rings (SSSR count). The van der Waals surface area contributed by atoms with Crippen molar-refractivity contribution < 1.29 is 9.53 Å². The molecule has 0 heterocycles. The fourth-order valence-corrected chi connectivity index (χ4v) is 1.01. The van der Waals surface area contributed by atoms with Crippen LogP contribution in [0.1, 0.15) is 0 Å². The second-order valence-electron chi connectivity index (χ2n) is 2.79. The summed E-state index contributed by atoms with van der Waals surface area (Å²) in [6.45, 7) is 8.98. The van der Waals surface area contributed by atoms with Crippen LogP contribution in [-0.4, -0.2) is 38.0 Å². The Balaban J connectivity index is 4.38. The molecule has 0 unspecified atom stereocenters. The van der Waals surface area contributed by atoms with Crippen molar-refractivity contribution in [2.24, 2.45) is 0 Å². The van der Waals surface area contributed by atoms with Crippen molar-refractivity contribution in [2.45, 2.75) is 0 Å². The number of aldehydes is 1. The third-order valence-electron chi connectivity index (χ3n) is 1.54. The van der Waals surface area contributed by atoms with Gasteiger partial charge in [-0.1, -0.05) is 12.2 Å². The second-order valence-corrected chi connectivity index (χ2v) is 2.79. The Morgan fingerprint density at radius 2 is 1.93 bits per heavy atom. The maximum absolute atomic E-state index is 10.6. The van der Waals surface area contributed by atoms with Gasteiger partial charge in [-0.15, -0.1) is 13.2 Å². The fourth-order valence-electron chi connectivity index (χ4n) is 1.01. The van der Waals surface area contributed by atoms with E-state index in [0.29, 0.717) is 25.3 Å². The largest absolute Gasteiger partial charge is 0.380 e. The molecule has 0 radical (unpaired) electrons. The Morgan fingerprint density at radius 1 is 1.36 bits per heavy atom. The standard InChI is InChI=1S/C11H17NO2/c1-4-6-12(7-5-2)8-11(9-13)10-14-3/h4-5,8-9H,1-2,6-7,10H2,3H3. The first-order chi connectivity index (χ1) is 6.78. The predicted molar refractivity (Wildman–Crippen MR) is 58.0 cm³/mol. The number of nitrogens with zero attached hydrogens (tertiary/aromatic N) is 1. The number of methoxy groups -OCH3 is 1. The van der Waals surface area contributed by atoms with E-state index in [1.54, 1.807) is 25.5 Å².